The molecular weight excluding hydrogens is 383 g/mol. The minimum absolute atomic E-state index is 0.102. The van der Waals surface area contributed by atoms with Crippen LogP contribution in [-0.2, 0) is 6.42 Å². The fourth-order valence-electron chi connectivity index (χ4n) is 2.29. The first-order valence-electron chi connectivity index (χ1n) is 6.47. The number of aryl methyl sites for hydroxylation is 1. The van der Waals surface area contributed by atoms with Crippen molar-refractivity contribution in [3.05, 3.63) is 37.9 Å². The Bertz CT molecular complexity index is 762. The van der Waals surface area contributed by atoms with Crippen LogP contribution in [0.5, 0.6) is 0 Å². The molecule has 0 aliphatic rings. The molecule has 0 aliphatic heterocycles. The van der Waals surface area contributed by atoms with Gasteiger partial charge in [0.15, 0.2) is 0 Å². The zero-order chi connectivity index (χ0) is 14.3. The summed E-state index contributed by atoms with van der Waals surface area (Å²) >= 11 is 4.03. The van der Waals surface area contributed by atoms with Crippen molar-refractivity contribution in [2.75, 3.05) is 5.73 Å². The van der Waals surface area contributed by atoms with E-state index in [1.807, 2.05) is 6.20 Å². The fourth-order valence-corrected chi connectivity index (χ4v) is 3.66. The smallest absolute Gasteiger partial charge is 0.201 e. The molecular formula is C14H15IN4S. The lowest BCUT2D eigenvalue weighted by molar-refractivity contribution is 0.662. The zero-order valence-electron chi connectivity index (χ0n) is 11.3. The number of imidazole rings is 1. The highest BCUT2D eigenvalue weighted by molar-refractivity contribution is 14.1. The van der Waals surface area contributed by atoms with Gasteiger partial charge in [-0.1, -0.05) is 6.92 Å². The van der Waals surface area contributed by atoms with Crippen LogP contribution in [0.15, 0.2) is 24.4 Å². The lowest BCUT2D eigenvalue weighted by Gasteiger charge is -2.13. The number of fused-ring (bicyclic) bond motifs is 1. The summed E-state index contributed by atoms with van der Waals surface area (Å²) in [5.74, 6) is 0.544. The largest absolute Gasteiger partial charge is 0.369 e. The summed E-state index contributed by atoms with van der Waals surface area (Å²) in [6.07, 6.45) is 2.97. The molecule has 0 saturated carbocycles. The van der Waals surface area contributed by atoms with Gasteiger partial charge in [-0.3, -0.25) is 0 Å². The Hall–Kier alpha value is -1.15. The maximum atomic E-state index is 6.11. The lowest BCUT2D eigenvalue weighted by atomic mass is 10.3. The number of thiazole rings is 1. The van der Waals surface area contributed by atoms with Gasteiger partial charge in [-0.15, -0.1) is 11.3 Å². The molecule has 0 saturated heterocycles. The van der Waals surface area contributed by atoms with Crippen molar-refractivity contribution in [3.8, 4) is 0 Å². The average molecular weight is 398 g/mol. The molecule has 1 atom stereocenters. The quantitative estimate of drug-likeness (QED) is 0.682. The van der Waals surface area contributed by atoms with E-state index in [0.29, 0.717) is 5.95 Å². The first-order chi connectivity index (χ1) is 9.60. The van der Waals surface area contributed by atoms with Crippen LogP contribution in [-0.4, -0.2) is 14.5 Å². The monoisotopic (exact) mass is 398 g/mol. The molecule has 2 N–H and O–H groups in total. The fraction of sp³-hybridized carbons (Fsp3) is 0.286. The predicted octanol–water partition coefficient (Wildman–Crippen LogP) is 3.85. The average Bonchev–Trinajstić information content (AvgIpc) is 3.01. The second-order valence-electron chi connectivity index (χ2n) is 4.67. The number of anilines is 1. The van der Waals surface area contributed by atoms with Crippen LogP contribution in [0.1, 0.15) is 29.8 Å². The van der Waals surface area contributed by atoms with Crippen LogP contribution in [0.4, 0.5) is 5.95 Å². The number of halogens is 1. The number of benzene rings is 1. The van der Waals surface area contributed by atoms with Crippen molar-refractivity contribution in [2.24, 2.45) is 0 Å². The number of nitrogens with two attached hydrogens (primary N) is 1. The van der Waals surface area contributed by atoms with Gasteiger partial charge in [-0.2, -0.15) is 0 Å². The van der Waals surface area contributed by atoms with Crippen molar-refractivity contribution in [1.82, 2.24) is 14.5 Å². The van der Waals surface area contributed by atoms with E-state index in [9.17, 15) is 0 Å². The molecule has 20 heavy (non-hydrogen) atoms. The van der Waals surface area contributed by atoms with E-state index in [0.717, 1.165) is 26.0 Å². The number of rotatable bonds is 3. The molecule has 0 spiro atoms. The molecule has 4 nitrogen and oxygen atoms in total. The van der Waals surface area contributed by atoms with Crippen LogP contribution < -0.4 is 5.73 Å². The van der Waals surface area contributed by atoms with Gasteiger partial charge in [0.25, 0.3) is 0 Å². The molecule has 2 heterocycles. The molecule has 0 aliphatic carbocycles. The minimum atomic E-state index is 0.102. The lowest BCUT2D eigenvalue weighted by Crippen LogP contribution is -2.09. The van der Waals surface area contributed by atoms with Gasteiger partial charge >= 0.3 is 0 Å². The Labute approximate surface area is 135 Å². The summed E-state index contributed by atoms with van der Waals surface area (Å²) < 4.78 is 3.22. The van der Waals surface area contributed by atoms with Crippen LogP contribution in [0.2, 0.25) is 0 Å². The van der Waals surface area contributed by atoms with E-state index in [1.54, 1.807) is 11.3 Å². The van der Waals surface area contributed by atoms with E-state index < -0.39 is 0 Å². The maximum absolute atomic E-state index is 6.11. The molecule has 2 aromatic heterocycles. The van der Waals surface area contributed by atoms with E-state index in [4.69, 9.17) is 5.73 Å². The summed E-state index contributed by atoms with van der Waals surface area (Å²) in [6.45, 7) is 4.26. The van der Waals surface area contributed by atoms with Gasteiger partial charge in [0.05, 0.1) is 17.1 Å². The van der Waals surface area contributed by atoms with E-state index in [-0.39, 0.29) is 6.04 Å². The van der Waals surface area contributed by atoms with Crippen LogP contribution in [0, 0.1) is 3.57 Å². The molecule has 104 valence electrons. The van der Waals surface area contributed by atoms with Crippen molar-refractivity contribution >= 4 is 50.9 Å². The highest BCUT2D eigenvalue weighted by Crippen LogP contribution is 2.30. The molecule has 0 amide bonds. The normalized spacial score (nSPS) is 12.9. The van der Waals surface area contributed by atoms with Crippen molar-refractivity contribution in [3.63, 3.8) is 0 Å². The first kappa shape index (κ1) is 13.8. The maximum Gasteiger partial charge on any atom is 0.201 e. The summed E-state index contributed by atoms with van der Waals surface area (Å²) in [7, 11) is 0. The molecule has 3 rings (SSSR count). The second kappa shape index (κ2) is 5.33. The number of hydrogen-bond acceptors (Lipinski definition) is 4. The third kappa shape index (κ3) is 2.31. The van der Waals surface area contributed by atoms with Gasteiger partial charge in [-0.25, -0.2) is 9.97 Å². The van der Waals surface area contributed by atoms with Crippen molar-refractivity contribution in [2.45, 2.75) is 26.3 Å². The summed E-state index contributed by atoms with van der Waals surface area (Å²) in [4.78, 5) is 10.3. The highest BCUT2D eigenvalue weighted by atomic mass is 127. The number of nitrogens with zero attached hydrogens (tertiary/aromatic N) is 3. The Morgan fingerprint density at radius 2 is 2.25 bits per heavy atom. The Morgan fingerprint density at radius 1 is 1.45 bits per heavy atom. The predicted molar refractivity (Wildman–Crippen MR) is 92.2 cm³/mol. The van der Waals surface area contributed by atoms with Crippen molar-refractivity contribution in [1.29, 1.82) is 0 Å². The third-order valence-electron chi connectivity index (χ3n) is 3.34. The molecule has 1 unspecified atom stereocenters. The molecule has 3 aromatic rings. The summed E-state index contributed by atoms with van der Waals surface area (Å²) in [5.41, 5.74) is 8.10. The second-order valence-corrected chi connectivity index (χ2v) is 7.06. The van der Waals surface area contributed by atoms with E-state index in [1.165, 1.54) is 4.88 Å². The zero-order valence-corrected chi connectivity index (χ0v) is 14.3. The standard InChI is InChI=1S/C14H15IN4S/c1-3-10-7-17-13(20-10)8(2)19-12-5-4-9(15)6-11(12)18-14(19)16/h4-8H,3H2,1-2H3,(H2,16,18). The molecule has 1 aromatic carbocycles. The SMILES string of the molecule is CCc1cnc(C(C)n2c(N)nc3cc(I)ccc32)s1. The van der Waals surface area contributed by atoms with Gasteiger partial charge in [0, 0.05) is 14.6 Å². The summed E-state index contributed by atoms with van der Waals surface area (Å²) in [6, 6.07) is 6.30. The molecule has 0 bridgehead atoms. The number of aromatic nitrogens is 3. The third-order valence-corrected chi connectivity index (χ3v) is 5.33. The van der Waals surface area contributed by atoms with Crippen LogP contribution >= 0.6 is 33.9 Å². The van der Waals surface area contributed by atoms with Crippen LogP contribution in [0.3, 0.4) is 0 Å². The Morgan fingerprint density at radius 3 is 2.95 bits per heavy atom. The van der Waals surface area contributed by atoms with Gasteiger partial charge in [0.1, 0.15) is 5.01 Å². The van der Waals surface area contributed by atoms with E-state index in [2.05, 4.69) is 69.2 Å². The minimum Gasteiger partial charge on any atom is -0.369 e. The van der Waals surface area contributed by atoms with Gasteiger partial charge in [-0.05, 0) is 54.1 Å². The van der Waals surface area contributed by atoms with Gasteiger partial charge in [0.2, 0.25) is 5.95 Å². The molecule has 0 radical (unpaired) electrons. The topological polar surface area (TPSA) is 56.7 Å². The number of hydrogen-bond donors (Lipinski definition) is 1. The Kier molecular flexibility index (Phi) is 3.68. The first-order valence-corrected chi connectivity index (χ1v) is 8.37. The molecule has 0 fully saturated rings. The summed E-state index contributed by atoms with van der Waals surface area (Å²) in [5, 5.41) is 1.08. The van der Waals surface area contributed by atoms with Crippen molar-refractivity contribution < 1.29 is 0 Å². The Balaban J connectivity index is 2.11. The van der Waals surface area contributed by atoms with E-state index >= 15 is 0 Å². The highest BCUT2D eigenvalue weighted by Gasteiger charge is 2.18. The molecule has 6 heteroatoms. The van der Waals surface area contributed by atoms with Gasteiger partial charge < -0.3 is 10.3 Å². The van der Waals surface area contributed by atoms with Crippen LogP contribution in [0.25, 0.3) is 11.0 Å². The number of nitrogen functional groups attached to an aromatic ring is 1.